The molecule has 1 fully saturated rings. The highest BCUT2D eigenvalue weighted by Crippen LogP contribution is 1.85. The van der Waals surface area contributed by atoms with Crippen LogP contribution in [0.3, 0.4) is 0 Å². The van der Waals surface area contributed by atoms with Gasteiger partial charge in [0.2, 0.25) is 0 Å². The molecule has 7 heteroatoms. The summed E-state index contributed by atoms with van der Waals surface area (Å²) in [7, 11) is 3.30. The fourth-order valence-electron chi connectivity index (χ4n) is 1.27. The minimum atomic E-state index is 0.595. The Balaban J connectivity index is 0.000000547. The largest absolute Gasteiger partial charge is 0.382 e. The molecule has 0 spiro atoms. The van der Waals surface area contributed by atoms with Crippen molar-refractivity contribution in [2.24, 2.45) is 0 Å². The summed E-state index contributed by atoms with van der Waals surface area (Å²) in [6.07, 6.45) is 0. The first-order valence-corrected chi connectivity index (χ1v) is 7.28. The molecule has 0 atom stereocenters. The molecular weight excluding hydrogens is 280 g/mol. The lowest BCUT2D eigenvalue weighted by atomic mass is 10.6. The predicted octanol–water partition coefficient (Wildman–Crippen LogP) is 0.362. The molecule has 0 amide bonds. The van der Waals surface area contributed by atoms with Crippen molar-refractivity contribution in [3.63, 3.8) is 0 Å². The first kappa shape index (κ1) is 20.7. The predicted molar refractivity (Wildman–Crippen MR) is 77.8 cm³/mol. The van der Waals surface area contributed by atoms with Gasteiger partial charge in [0, 0.05) is 14.2 Å². The van der Waals surface area contributed by atoms with Gasteiger partial charge in [0.05, 0.1) is 79.3 Å². The number of hydrogen-bond donors (Lipinski definition) is 0. The number of rotatable bonds is 12. The number of methoxy groups -OCH3 is 2. The van der Waals surface area contributed by atoms with Crippen LogP contribution >= 0.6 is 0 Å². The lowest BCUT2D eigenvalue weighted by molar-refractivity contribution is -0.0334. The van der Waals surface area contributed by atoms with E-state index in [-0.39, 0.29) is 0 Å². The third kappa shape index (κ3) is 19.7. The summed E-state index contributed by atoms with van der Waals surface area (Å²) in [4.78, 5) is 0. The van der Waals surface area contributed by atoms with Crippen molar-refractivity contribution in [2.45, 2.75) is 0 Å². The van der Waals surface area contributed by atoms with Gasteiger partial charge in [0.15, 0.2) is 0 Å². The summed E-state index contributed by atoms with van der Waals surface area (Å²) in [5.41, 5.74) is 0. The average molecular weight is 310 g/mol. The molecule has 1 saturated heterocycles. The van der Waals surface area contributed by atoms with Gasteiger partial charge >= 0.3 is 0 Å². The number of ether oxygens (including phenoxy) is 7. The van der Waals surface area contributed by atoms with E-state index in [1.54, 1.807) is 14.2 Å². The summed E-state index contributed by atoms with van der Waals surface area (Å²) in [5.74, 6) is 0. The smallest absolute Gasteiger partial charge is 0.0701 e. The second-order valence-electron chi connectivity index (χ2n) is 4.05. The van der Waals surface area contributed by atoms with Gasteiger partial charge in [-0.3, -0.25) is 0 Å². The number of hydrogen-bond acceptors (Lipinski definition) is 7. The minimum Gasteiger partial charge on any atom is -0.382 e. The van der Waals surface area contributed by atoms with Crippen LogP contribution in [0.25, 0.3) is 0 Å². The van der Waals surface area contributed by atoms with Crippen LogP contribution in [0.1, 0.15) is 0 Å². The van der Waals surface area contributed by atoms with Crippen LogP contribution < -0.4 is 0 Å². The molecule has 0 aromatic rings. The van der Waals surface area contributed by atoms with Crippen LogP contribution in [0.5, 0.6) is 0 Å². The average Bonchev–Trinajstić information content (AvgIpc) is 2.55. The summed E-state index contributed by atoms with van der Waals surface area (Å²) in [6.45, 7) is 7.98. The summed E-state index contributed by atoms with van der Waals surface area (Å²) in [6, 6.07) is 0. The van der Waals surface area contributed by atoms with Crippen molar-refractivity contribution >= 4 is 0 Å². The minimum absolute atomic E-state index is 0.595. The first-order valence-electron chi connectivity index (χ1n) is 7.28. The van der Waals surface area contributed by atoms with E-state index in [2.05, 4.69) is 0 Å². The zero-order valence-corrected chi connectivity index (χ0v) is 13.3. The molecule has 0 aromatic carbocycles. The molecule has 0 aliphatic carbocycles. The van der Waals surface area contributed by atoms with Gasteiger partial charge in [-0.2, -0.15) is 0 Å². The molecule has 1 heterocycles. The van der Waals surface area contributed by atoms with Gasteiger partial charge in [0.1, 0.15) is 0 Å². The molecule has 0 bridgehead atoms. The van der Waals surface area contributed by atoms with Crippen LogP contribution in [0.4, 0.5) is 0 Å². The summed E-state index contributed by atoms with van der Waals surface area (Å²) >= 11 is 0. The molecule has 128 valence electrons. The van der Waals surface area contributed by atoms with Crippen molar-refractivity contribution in [3.05, 3.63) is 0 Å². The molecule has 1 rings (SSSR count). The maximum absolute atomic E-state index is 5.26. The van der Waals surface area contributed by atoms with Crippen molar-refractivity contribution in [3.8, 4) is 0 Å². The SMILES string of the molecule is C1COCCO1.COCCOCCOCCOCCOC. The van der Waals surface area contributed by atoms with Gasteiger partial charge in [-0.15, -0.1) is 0 Å². The lowest BCUT2D eigenvalue weighted by Crippen LogP contribution is -2.16. The molecule has 7 nitrogen and oxygen atoms in total. The fraction of sp³-hybridized carbons (Fsp3) is 1.00. The Morgan fingerprint density at radius 1 is 0.524 bits per heavy atom. The van der Waals surface area contributed by atoms with E-state index >= 15 is 0 Å². The molecule has 0 aromatic heterocycles. The Labute approximate surface area is 127 Å². The topological polar surface area (TPSA) is 64.6 Å². The molecule has 21 heavy (non-hydrogen) atoms. The van der Waals surface area contributed by atoms with Crippen molar-refractivity contribution in [1.29, 1.82) is 0 Å². The molecular formula is C14H30O7. The van der Waals surface area contributed by atoms with Crippen LogP contribution in [0.2, 0.25) is 0 Å². The van der Waals surface area contributed by atoms with Gasteiger partial charge in [-0.25, -0.2) is 0 Å². The van der Waals surface area contributed by atoms with Gasteiger partial charge in [-0.05, 0) is 0 Å². The highest BCUT2D eigenvalue weighted by Gasteiger charge is 1.94. The van der Waals surface area contributed by atoms with E-state index < -0.39 is 0 Å². The Morgan fingerprint density at radius 2 is 0.810 bits per heavy atom. The fourth-order valence-corrected chi connectivity index (χ4v) is 1.27. The second kappa shape index (κ2) is 19.7. The zero-order valence-electron chi connectivity index (χ0n) is 13.3. The van der Waals surface area contributed by atoms with Gasteiger partial charge in [0.25, 0.3) is 0 Å². The van der Waals surface area contributed by atoms with Crippen LogP contribution in [0.15, 0.2) is 0 Å². The van der Waals surface area contributed by atoms with E-state index in [0.29, 0.717) is 52.9 Å². The van der Waals surface area contributed by atoms with Crippen LogP contribution in [0, 0.1) is 0 Å². The van der Waals surface area contributed by atoms with E-state index in [4.69, 9.17) is 33.2 Å². The van der Waals surface area contributed by atoms with E-state index in [0.717, 1.165) is 26.4 Å². The van der Waals surface area contributed by atoms with Crippen LogP contribution in [-0.4, -0.2) is 93.5 Å². The quantitative estimate of drug-likeness (QED) is 0.482. The molecule has 1 aliphatic heterocycles. The summed E-state index contributed by atoms with van der Waals surface area (Å²) in [5, 5.41) is 0. The maximum Gasteiger partial charge on any atom is 0.0701 e. The highest BCUT2D eigenvalue weighted by molar-refractivity contribution is 4.37. The Bertz CT molecular complexity index is 153. The Kier molecular flexibility index (Phi) is 19.5. The van der Waals surface area contributed by atoms with E-state index in [1.165, 1.54) is 0 Å². The van der Waals surface area contributed by atoms with E-state index in [9.17, 15) is 0 Å². The van der Waals surface area contributed by atoms with E-state index in [1.807, 2.05) is 0 Å². The van der Waals surface area contributed by atoms with Gasteiger partial charge < -0.3 is 33.2 Å². The molecule has 0 N–H and O–H groups in total. The molecule has 0 saturated carbocycles. The highest BCUT2D eigenvalue weighted by atomic mass is 16.6. The second-order valence-corrected chi connectivity index (χ2v) is 4.05. The standard InChI is InChI=1S/C10H22O5.C4H8O2/c1-11-3-5-13-7-9-15-10-8-14-6-4-12-2;1-2-6-4-3-5-1/h3-10H2,1-2H3;1-4H2. The summed E-state index contributed by atoms with van der Waals surface area (Å²) < 4.78 is 35.2. The third-order valence-electron chi connectivity index (χ3n) is 2.35. The van der Waals surface area contributed by atoms with Crippen molar-refractivity contribution in [2.75, 3.05) is 93.5 Å². The Morgan fingerprint density at radius 3 is 1.05 bits per heavy atom. The third-order valence-corrected chi connectivity index (χ3v) is 2.35. The Hall–Kier alpha value is -0.280. The maximum atomic E-state index is 5.26. The monoisotopic (exact) mass is 310 g/mol. The molecule has 0 radical (unpaired) electrons. The first-order chi connectivity index (χ1) is 10.4. The van der Waals surface area contributed by atoms with Crippen LogP contribution in [-0.2, 0) is 33.2 Å². The lowest BCUT2D eigenvalue weighted by Gasteiger charge is -2.09. The molecule has 1 aliphatic rings. The molecule has 0 unspecified atom stereocenters. The zero-order chi connectivity index (χ0) is 15.4. The van der Waals surface area contributed by atoms with Crippen molar-refractivity contribution < 1.29 is 33.2 Å². The van der Waals surface area contributed by atoms with Gasteiger partial charge in [-0.1, -0.05) is 0 Å². The van der Waals surface area contributed by atoms with Crippen molar-refractivity contribution in [1.82, 2.24) is 0 Å². The normalized spacial score (nSPS) is 14.6.